The highest BCUT2D eigenvalue weighted by Gasteiger charge is 2.53. The van der Waals surface area contributed by atoms with Crippen molar-refractivity contribution in [3.8, 4) is 5.75 Å². The molecule has 0 unspecified atom stereocenters. The maximum absolute atomic E-state index is 13.9. The van der Waals surface area contributed by atoms with E-state index in [0.29, 0.717) is 30.2 Å². The van der Waals surface area contributed by atoms with E-state index >= 15 is 0 Å². The number of amides is 1. The topological polar surface area (TPSA) is 132 Å². The van der Waals surface area contributed by atoms with Gasteiger partial charge in [0.2, 0.25) is 5.90 Å². The minimum Gasteiger partial charge on any atom is -0.494 e. The third kappa shape index (κ3) is 5.94. The van der Waals surface area contributed by atoms with Gasteiger partial charge in [-0.2, -0.15) is 0 Å². The van der Waals surface area contributed by atoms with Crippen molar-refractivity contribution in [2.45, 2.75) is 43.9 Å². The number of rotatable bonds is 12. The standard InChI is InChI=1S/C27H32N6O4/c1-2-14-27(26(35)31-33-15-5-6-16-33)24(23-9-4-3-8-21(23)19-29-32-28)37-25(30-27)20-10-12-22(13-11-20)36-18-7-17-34/h2-4,8-13,24,34H,1,5-7,14-19H2,(H,31,35)/t24-,27-/m0/s1. The fourth-order valence-corrected chi connectivity index (χ4v) is 4.62. The summed E-state index contributed by atoms with van der Waals surface area (Å²) in [6.07, 6.45) is 3.76. The van der Waals surface area contributed by atoms with E-state index < -0.39 is 11.6 Å². The molecule has 4 rings (SSSR count). The Labute approximate surface area is 216 Å². The lowest BCUT2D eigenvalue weighted by Gasteiger charge is -2.32. The zero-order valence-corrected chi connectivity index (χ0v) is 20.8. The number of ether oxygens (including phenoxy) is 2. The van der Waals surface area contributed by atoms with Gasteiger partial charge in [-0.25, -0.2) is 10.0 Å². The Morgan fingerprint density at radius 2 is 2.05 bits per heavy atom. The van der Waals surface area contributed by atoms with Crippen molar-refractivity contribution in [2.24, 2.45) is 10.1 Å². The average Bonchev–Trinajstić information content (AvgIpc) is 3.57. The van der Waals surface area contributed by atoms with Gasteiger partial charge in [-0.3, -0.25) is 10.2 Å². The molecule has 10 nitrogen and oxygen atoms in total. The van der Waals surface area contributed by atoms with E-state index in [-0.39, 0.29) is 25.5 Å². The monoisotopic (exact) mass is 504 g/mol. The van der Waals surface area contributed by atoms with Crippen LogP contribution < -0.4 is 10.2 Å². The summed E-state index contributed by atoms with van der Waals surface area (Å²) < 4.78 is 12.1. The summed E-state index contributed by atoms with van der Waals surface area (Å²) in [6, 6.07) is 14.7. The van der Waals surface area contributed by atoms with Crippen LogP contribution in [-0.2, 0) is 16.1 Å². The molecule has 2 aromatic carbocycles. The third-order valence-corrected chi connectivity index (χ3v) is 6.49. The van der Waals surface area contributed by atoms with Crippen molar-refractivity contribution in [2.75, 3.05) is 26.3 Å². The molecule has 0 aromatic heterocycles. The molecule has 1 amide bonds. The number of aliphatic hydroxyl groups is 1. The smallest absolute Gasteiger partial charge is 0.266 e. The van der Waals surface area contributed by atoms with Gasteiger partial charge < -0.3 is 14.6 Å². The number of aliphatic imine (C=N–C) groups is 1. The molecule has 0 saturated carbocycles. The van der Waals surface area contributed by atoms with Crippen molar-refractivity contribution in [1.29, 1.82) is 0 Å². The minimum absolute atomic E-state index is 0.0656. The Morgan fingerprint density at radius 3 is 2.76 bits per heavy atom. The first-order chi connectivity index (χ1) is 18.1. The Kier molecular flexibility index (Phi) is 8.79. The predicted molar refractivity (Wildman–Crippen MR) is 140 cm³/mol. The molecule has 0 aliphatic carbocycles. The number of hydrazine groups is 1. The first kappa shape index (κ1) is 26.2. The largest absolute Gasteiger partial charge is 0.494 e. The number of carbonyl (C=O) groups excluding carboxylic acids is 1. The fourth-order valence-electron chi connectivity index (χ4n) is 4.62. The molecular formula is C27H32N6O4. The Morgan fingerprint density at radius 1 is 1.30 bits per heavy atom. The number of nitrogens with zero attached hydrogens (tertiary/aromatic N) is 5. The molecule has 37 heavy (non-hydrogen) atoms. The molecule has 0 radical (unpaired) electrons. The van der Waals surface area contributed by atoms with Crippen molar-refractivity contribution in [1.82, 2.24) is 10.4 Å². The van der Waals surface area contributed by atoms with Crippen LogP contribution in [0.4, 0.5) is 0 Å². The molecule has 0 bridgehead atoms. The van der Waals surface area contributed by atoms with Gasteiger partial charge in [0.15, 0.2) is 11.6 Å². The molecule has 2 atom stereocenters. The van der Waals surface area contributed by atoms with Crippen LogP contribution in [0.5, 0.6) is 5.75 Å². The Balaban J connectivity index is 1.72. The molecule has 2 aliphatic heterocycles. The van der Waals surface area contributed by atoms with Gasteiger partial charge >= 0.3 is 0 Å². The van der Waals surface area contributed by atoms with E-state index in [1.54, 1.807) is 18.2 Å². The number of hydrogen-bond acceptors (Lipinski definition) is 7. The SMILES string of the molecule is C=CC[C@]1(C(=O)NN2CCCC2)N=C(c2ccc(OCCCO)cc2)O[C@H]1c1ccccc1CN=[N+]=[N-]. The van der Waals surface area contributed by atoms with Crippen LogP contribution in [0.15, 0.2) is 71.3 Å². The summed E-state index contributed by atoms with van der Waals surface area (Å²) in [7, 11) is 0. The highest BCUT2D eigenvalue weighted by Crippen LogP contribution is 2.44. The highest BCUT2D eigenvalue weighted by atomic mass is 16.5. The first-order valence-corrected chi connectivity index (χ1v) is 12.5. The number of azide groups is 1. The van der Waals surface area contributed by atoms with Gasteiger partial charge in [0, 0.05) is 43.0 Å². The second kappa shape index (κ2) is 12.4. The molecule has 1 fully saturated rings. The Hall–Kier alpha value is -3.85. The maximum Gasteiger partial charge on any atom is 0.266 e. The summed E-state index contributed by atoms with van der Waals surface area (Å²) in [4.78, 5) is 21.7. The van der Waals surface area contributed by atoms with Crippen molar-refractivity contribution in [3.63, 3.8) is 0 Å². The second-order valence-electron chi connectivity index (χ2n) is 9.00. The molecule has 1 saturated heterocycles. The predicted octanol–water partition coefficient (Wildman–Crippen LogP) is 4.22. The summed E-state index contributed by atoms with van der Waals surface area (Å²) in [5, 5.41) is 14.6. The molecule has 0 spiro atoms. The number of carbonyl (C=O) groups is 1. The summed E-state index contributed by atoms with van der Waals surface area (Å²) in [5.41, 5.74) is 12.8. The zero-order chi connectivity index (χ0) is 26.1. The Bertz CT molecular complexity index is 1170. The second-order valence-corrected chi connectivity index (χ2v) is 9.00. The lowest BCUT2D eigenvalue weighted by molar-refractivity contribution is -0.133. The number of aliphatic hydroxyl groups excluding tert-OH is 1. The van der Waals surface area contributed by atoms with E-state index in [1.165, 1.54) is 0 Å². The van der Waals surface area contributed by atoms with Crippen LogP contribution in [-0.4, -0.2) is 53.8 Å². The van der Waals surface area contributed by atoms with Gasteiger partial charge in [-0.15, -0.1) is 6.58 Å². The minimum atomic E-state index is -1.30. The summed E-state index contributed by atoms with van der Waals surface area (Å²) in [5.74, 6) is 0.733. The van der Waals surface area contributed by atoms with Crippen molar-refractivity contribution >= 4 is 11.8 Å². The van der Waals surface area contributed by atoms with E-state index in [9.17, 15) is 4.79 Å². The third-order valence-electron chi connectivity index (χ3n) is 6.49. The average molecular weight is 505 g/mol. The van der Waals surface area contributed by atoms with Crippen molar-refractivity contribution in [3.05, 3.63) is 88.3 Å². The van der Waals surface area contributed by atoms with E-state index in [0.717, 1.165) is 37.1 Å². The van der Waals surface area contributed by atoms with Gasteiger partial charge in [0.05, 0.1) is 13.2 Å². The van der Waals surface area contributed by atoms with Gasteiger partial charge in [0.1, 0.15) is 5.75 Å². The van der Waals surface area contributed by atoms with Crippen LogP contribution in [0.3, 0.4) is 0 Å². The van der Waals surface area contributed by atoms with Crippen LogP contribution in [0, 0.1) is 0 Å². The molecule has 2 aliphatic rings. The van der Waals surface area contributed by atoms with Crippen LogP contribution in [0.2, 0.25) is 0 Å². The summed E-state index contributed by atoms with van der Waals surface area (Å²) >= 11 is 0. The van der Waals surface area contributed by atoms with Crippen LogP contribution >= 0.6 is 0 Å². The lowest BCUT2D eigenvalue weighted by atomic mass is 9.83. The normalized spacial score (nSPS) is 21.0. The van der Waals surface area contributed by atoms with Gasteiger partial charge in [0.25, 0.3) is 5.91 Å². The number of hydrogen-bond donors (Lipinski definition) is 2. The molecule has 194 valence electrons. The van der Waals surface area contributed by atoms with Crippen molar-refractivity contribution < 1.29 is 19.4 Å². The van der Waals surface area contributed by atoms with E-state index in [4.69, 9.17) is 25.1 Å². The fraction of sp³-hybridized carbons (Fsp3) is 0.407. The van der Waals surface area contributed by atoms with Crippen LogP contribution in [0.1, 0.15) is 48.5 Å². The molecular weight excluding hydrogens is 472 g/mol. The van der Waals surface area contributed by atoms with Gasteiger partial charge in [-0.1, -0.05) is 35.5 Å². The highest BCUT2D eigenvalue weighted by molar-refractivity contribution is 6.01. The molecule has 2 heterocycles. The summed E-state index contributed by atoms with van der Waals surface area (Å²) in [6.45, 7) is 6.07. The number of nitrogens with one attached hydrogen (secondary N) is 1. The molecule has 2 N–H and O–H groups in total. The first-order valence-electron chi connectivity index (χ1n) is 12.5. The zero-order valence-electron chi connectivity index (χ0n) is 20.8. The molecule has 2 aromatic rings. The van der Waals surface area contributed by atoms with Gasteiger partial charge in [-0.05, 0) is 53.8 Å². The maximum atomic E-state index is 13.9. The van der Waals surface area contributed by atoms with Crippen LogP contribution in [0.25, 0.3) is 10.4 Å². The number of benzene rings is 2. The van der Waals surface area contributed by atoms with E-state index in [1.807, 2.05) is 41.4 Å². The lowest BCUT2D eigenvalue weighted by Crippen LogP contribution is -2.53. The quantitative estimate of drug-likeness (QED) is 0.147. The van der Waals surface area contributed by atoms with E-state index in [2.05, 4.69) is 22.0 Å². The molecule has 10 heteroatoms.